The van der Waals surface area contributed by atoms with E-state index in [1.165, 1.54) is 11.8 Å². The van der Waals surface area contributed by atoms with Gasteiger partial charge in [-0.15, -0.1) is 10.2 Å². The van der Waals surface area contributed by atoms with E-state index in [0.29, 0.717) is 25.0 Å². The molecular weight excluding hydrogens is 352 g/mol. The summed E-state index contributed by atoms with van der Waals surface area (Å²) in [7, 11) is 0. The Kier molecular flexibility index (Phi) is 6.90. The first-order valence-corrected chi connectivity index (χ1v) is 9.90. The number of hydrogen-bond donors (Lipinski definition) is 0. The van der Waals surface area contributed by atoms with Crippen LogP contribution < -0.4 is 4.90 Å². The van der Waals surface area contributed by atoms with E-state index in [-0.39, 0.29) is 11.7 Å². The van der Waals surface area contributed by atoms with E-state index in [1.807, 2.05) is 34.9 Å². The zero-order chi connectivity index (χ0) is 18.2. The highest BCUT2D eigenvalue weighted by atomic mass is 32.2. The number of hydrogen-bond acceptors (Lipinski definition) is 7. The van der Waals surface area contributed by atoms with Gasteiger partial charge in [0, 0.05) is 13.1 Å². The Balaban J connectivity index is 1.76. The quantitative estimate of drug-likeness (QED) is 0.398. The van der Waals surface area contributed by atoms with Crippen LogP contribution in [0.3, 0.4) is 0 Å². The second-order valence-corrected chi connectivity index (χ2v) is 6.86. The van der Waals surface area contributed by atoms with Crippen molar-refractivity contribution in [2.24, 2.45) is 0 Å². The van der Waals surface area contributed by atoms with Crippen molar-refractivity contribution < 1.29 is 14.3 Å². The number of esters is 1. The second-order valence-electron chi connectivity index (χ2n) is 5.92. The lowest BCUT2D eigenvalue weighted by Crippen LogP contribution is -2.37. The summed E-state index contributed by atoms with van der Waals surface area (Å²) in [5.41, 5.74) is 0.973. The Morgan fingerprint density at radius 3 is 2.73 bits per heavy atom. The van der Waals surface area contributed by atoms with Crippen LogP contribution in [0, 0.1) is 0 Å². The number of ether oxygens (including phenoxy) is 2. The monoisotopic (exact) mass is 376 g/mol. The Morgan fingerprint density at radius 1 is 1.23 bits per heavy atom. The number of benzene rings is 1. The van der Waals surface area contributed by atoms with Crippen molar-refractivity contribution in [1.82, 2.24) is 14.8 Å². The topological polar surface area (TPSA) is 69.5 Å². The molecule has 0 spiro atoms. The lowest BCUT2D eigenvalue weighted by molar-refractivity contribution is -0.140. The molecule has 0 amide bonds. The molecule has 1 aliphatic heterocycles. The maximum absolute atomic E-state index is 11.9. The third kappa shape index (κ3) is 4.76. The summed E-state index contributed by atoms with van der Waals surface area (Å²) in [4.78, 5) is 14.1. The molecule has 140 valence electrons. The van der Waals surface area contributed by atoms with Gasteiger partial charge in [0.2, 0.25) is 5.95 Å². The smallest absolute Gasteiger partial charge is 0.316 e. The van der Waals surface area contributed by atoms with Crippen molar-refractivity contribution in [3.05, 3.63) is 30.3 Å². The van der Waals surface area contributed by atoms with Crippen LogP contribution >= 0.6 is 11.8 Å². The average Bonchev–Trinajstić information content (AvgIpc) is 3.12. The fourth-order valence-electron chi connectivity index (χ4n) is 2.62. The van der Waals surface area contributed by atoms with Crippen molar-refractivity contribution >= 4 is 23.7 Å². The van der Waals surface area contributed by atoms with Crippen molar-refractivity contribution in [3.8, 4) is 5.69 Å². The molecule has 1 fully saturated rings. The molecule has 1 saturated heterocycles. The van der Waals surface area contributed by atoms with E-state index in [4.69, 9.17) is 9.47 Å². The van der Waals surface area contributed by atoms with Gasteiger partial charge in [-0.1, -0.05) is 43.3 Å². The van der Waals surface area contributed by atoms with E-state index in [0.717, 1.165) is 37.6 Å². The maximum Gasteiger partial charge on any atom is 0.316 e. The highest BCUT2D eigenvalue weighted by Gasteiger charge is 2.22. The number of anilines is 1. The van der Waals surface area contributed by atoms with Gasteiger partial charge in [-0.2, -0.15) is 0 Å². The summed E-state index contributed by atoms with van der Waals surface area (Å²) >= 11 is 1.35. The molecule has 2 aromatic rings. The lowest BCUT2D eigenvalue weighted by Gasteiger charge is -2.27. The molecule has 8 heteroatoms. The highest BCUT2D eigenvalue weighted by Crippen LogP contribution is 2.27. The van der Waals surface area contributed by atoms with Gasteiger partial charge in [-0.05, 0) is 18.6 Å². The highest BCUT2D eigenvalue weighted by molar-refractivity contribution is 7.99. The van der Waals surface area contributed by atoms with E-state index >= 15 is 0 Å². The molecule has 0 bridgehead atoms. The molecule has 0 unspecified atom stereocenters. The molecule has 0 radical (unpaired) electrons. The van der Waals surface area contributed by atoms with Gasteiger partial charge in [0.15, 0.2) is 5.16 Å². The molecule has 3 rings (SSSR count). The van der Waals surface area contributed by atoms with Gasteiger partial charge in [0.1, 0.15) is 0 Å². The third-order valence-electron chi connectivity index (χ3n) is 4.00. The van der Waals surface area contributed by atoms with E-state index < -0.39 is 0 Å². The molecule has 26 heavy (non-hydrogen) atoms. The Hall–Kier alpha value is -2.06. The van der Waals surface area contributed by atoms with Crippen molar-refractivity contribution in [3.63, 3.8) is 0 Å². The number of carbonyl (C=O) groups excluding carboxylic acids is 1. The lowest BCUT2D eigenvalue weighted by atomic mass is 10.3. The van der Waals surface area contributed by atoms with Crippen LogP contribution in [0.25, 0.3) is 5.69 Å². The van der Waals surface area contributed by atoms with Crippen LogP contribution in [0.4, 0.5) is 5.95 Å². The van der Waals surface area contributed by atoms with Crippen LogP contribution in [-0.4, -0.2) is 59.4 Å². The number of morpholine rings is 1. The normalized spacial score (nSPS) is 14.4. The van der Waals surface area contributed by atoms with Crippen LogP contribution in [-0.2, 0) is 14.3 Å². The SMILES string of the molecule is CCCCOC(=O)CSc1nnc(N2CCOCC2)n1-c1ccccc1. The zero-order valence-corrected chi connectivity index (χ0v) is 15.8. The Bertz CT molecular complexity index is 702. The van der Waals surface area contributed by atoms with Gasteiger partial charge in [-0.3, -0.25) is 9.36 Å². The predicted molar refractivity (Wildman–Crippen MR) is 101 cm³/mol. The predicted octanol–water partition coefficient (Wildman–Crippen LogP) is 2.54. The molecular formula is C18H24N4O3S. The molecule has 7 nitrogen and oxygen atoms in total. The second kappa shape index (κ2) is 9.59. The first kappa shape index (κ1) is 18.7. The number of para-hydroxylation sites is 1. The fraction of sp³-hybridized carbons (Fsp3) is 0.500. The summed E-state index contributed by atoms with van der Waals surface area (Å²) in [6, 6.07) is 9.95. The molecule has 1 aromatic heterocycles. The molecule has 0 saturated carbocycles. The van der Waals surface area contributed by atoms with Gasteiger partial charge < -0.3 is 14.4 Å². The fourth-order valence-corrected chi connectivity index (χ4v) is 3.37. The van der Waals surface area contributed by atoms with Crippen LogP contribution in [0.1, 0.15) is 19.8 Å². The minimum Gasteiger partial charge on any atom is -0.465 e. The molecule has 0 aliphatic carbocycles. The number of rotatable bonds is 8. The summed E-state index contributed by atoms with van der Waals surface area (Å²) in [5.74, 6) is 0.776. The summed E-state index contributed by atoms with van der Waals surface area (Å²) in [6.07, 6.45) is 1.89. The van der Waals surface area contributed by atoms with Gasteiger partial charge in [-0.25, -0.2) is 0 Å². The standard InChI is InChI=1S/C18H24N4O3S/c1-2-3-11-25-16(23)14-26-18-20-19-17(21-9-12-24-13-10-21)22(18)15-7-5-4-6-8-15/h4-8H,2-3,9-14H2,1H3. The number of nitrogens with zero attached hydrogens (tertiary/aromatic N) is 4. The molecule has 1 aliphatic rings. The Labute approximate surface area is 157 Å². The minimum atomic E-state index is -0.223. The van der Waals surface area contributed by atoms with Crippen molar-refractivity contribution in [2.45, 2.75) is 24.9 Å². The first-order valence-electron chi connectivity index (χ1n) is 8.91. The van der Waals surface area contributed by atoms with Crippen molar-refractivity contribution in [2.75, 3.05) is 43.6 Å². The van der Waals surface area contributed by atoms with Gasteiger partial charge >= 0.3 is 5.97 Å². The van der Waals surface area contributed by atoms with Crippen molar-refractivity contribution in [1.29, 1.82) is 0 Å². The number of thioether (sulfide) groups is 1. The van der Waals surface area contributed by atoms with Crippen LogP contribution in [0.5, 0.6) is 0 Å². The zero-order valence-electron chi connectivity index (χ0n) is 15.0. The summed E-state index contributed by atoms with van der Waals surface area (Å²) < 4.78 is 12.7. The first-order chi connectivity index (χ1) is 12.8. The summed E-state index contributed by atoms with van der Waals surface area (Å²) in [5, 5.41) is 9.39. The van der Waals surface area contributed by atoms with Gasteiger partial charge in [0.25, 0.3) is 0 Å². The number of unbranched alkanes of at least 4 members (excludes halogenated alkanes) is 1. The van der Waals surface area contributed by atoms with Crippen LogP contribution in [0.2, 0.25) is 0 Å². The molecule has 0 atom stereocenters. The third-order valence-corrected chi connectivity index (χ3v) is 4.91. The summed E-state index contributed by atoms with van der Waals surface area (Å²) in [6.45, 7) is 5.43. The number of carbonyl (C=O) groups is 1. The van der Waals surface area contributed by atoms with E-state index in [9.17, 15) is 4.79 Å². The molecule has 2 heterocycles. The van der Waals surface area contributed by atoms with E-state index in [1.54, 1.807) is 0 Å². The van der Waals surface area contributed by atoms with Crippen LogP contribution in [0.15, 0.2) is 35.5 Å². The van der Waals surface area contributed by atoms with Gasteiger partial charge in [0.05, 0.1) is 31.3 Å². The number of aromatic nitrogens is 3. The Morgan fingerprint density at radius 2 is 2.00 bits per heavy atom. The molecule has 0 N–H and O–H groups in total. The minimum absolute atomic E-state index is 0.220. The maximum atomic E-state index is 11.9. The largest absolute Gasteiger partial charge is 0.465 e. The van der Waals surface area contributed by atoms with E-state index in [2.05, 4.69) is 22.0 Å². The molecule has 1 aromatic carbocycles. The average molecular weight is 376 g/mol.